The smallest absolute Gasteiger partial charge is 0.394 e. The predicted octanol–water partition coefficient (Wildman–Crippen LogP) is -13.9. The van der Waals surface area contributed by atoms with Gasteiger partial charge in [-0.05, 0) is 0 Å². The maximum absolute atomic E-state index is 12.2. The van der Waals surface area contributed by atoms with E-state index in [-0.39, 0.29) is 0 Å². The van der Waals surface area contributed by atoms with E-state index in [9.17, 15) is 117 Å². The highest BCUT2D eigenvalue weighted by molar-refractivity contribution is 7.81. The van der Waals surface area contributed by atoms with Gasteiger partial charge in [0.2, 0.25) is 0 Å². The molecule has 0 radical (unpaired) electrons. The molecule has 0 aromatic heterocycles. The number of ether oxygens (including phenoxy) is 10. The lowest BCUT2D eigenvalue weighted by molar-refractivity contribution is -0.396. The number of nitrogens with two attached hydrogens (primary N) is 1. The molecule has 0 aromatic rings. The van der Waals surface area contributed by atoms with E-state index in [4.69, 9.17) is 62.1 Å². The molecule has 0 aromatic carbocycles. The van der Waals surface area contributed by atoms with Gasteiger partial charge in [0.1, 0.15) is 153 Å². The molecule has 0 bridgehead atoms. The van der Waals surface area contributed by atoms with Crippen molar-refractivity contribution >= 4 is 28.6 Å². The van der Waals surface area contributed by atoms with Crippen LogP contribution in [0, 0.1) is 0 Å². The molecular weight excluding hydrogens is 1150 g/mol. The molecule has 456 valence electrons. The van der Waals surface area contributed by atoms with Crippen molar-refractivity contribution in [2.24, 2.45) is 5.73 Å². The highest BCUT2D eigenvalue weighted by Crippen LogP contribution is 2.56. The summed E-state index contributed by atoms with van der Waals surface area (Å²) < 4.78 is 151. The summed E-state index contributed by atoms with van der Waals surface area (Å²) in [4.78, 5) is 9.90. The van der Waals surface area contributed by atoms with Crippen LogP contribution in [-0.4, -0.2) is 336 Å². The lowest BCUT2D eigenvalue weighted by Crippen LogP contribution is -2.69. The number of fused-ring (bicyclic) bond motifs is 1. The Kier molecular flexibility index (Phi) is 21.1. The monoisotopic (exact) mass is 1210 g/mol. The summed E-state index contributed by atoms with van der Waals surface area (Å²) in [6, 6.07) is -1.80. The largest absolute Gasteiger partial charge is 0.473 e. The van der Waals surface area contributed by atoms with E-state index in [0.717, 1.165) is 0 Å². The Bertz CT molecular complexity index is 2240. The molecule has 78 heavy (non-hydrogen) atoms. The maximum Gasteiger partial charge on any atom is 0.473 e. The summed E-state index contributed by atoms with van der Waals surface area (Å²) in [6.45, 7) is -5.84. The molecule has 1 saturated carbocycles. The Balaban J connectivity index is 1.10. The third-order valence-corrected chi connectivity index (χ3v) is 15.5. The van der Waals surface area contributed by atoms with Gasteiger partial charge in [-0.3, -0.25) is 18.2 Å². The SMILES string of the molecule is N[C@H]1[C@@H](O[C@@H]2[C@@H](O)[C@H](O)[C@@H](O)[C@H]3OP(=O)(O)O[C@H]32)O[C@H](CO)[C@@H](O[C@H]2O[C@H](CO[C@H]3O[C@H](COS(=O)(=O)O)[C@@H](O)[C@H](O)[C@@H]3O[C@H]3O[C@H](COS(=O)(=O)O)[C@@H](O)[C@H](O)[C@@H]3O[C@H]3O[C@H](CO)[C@@H](O)[C@H](O)[C@@H]3O)[C@@H](O)[C@H](O)[C@@H]2O)[C@@H]1O. The number of aliphatic hydroxyl groups is 16. The van der Waals surface area contributed by atoms with Gasteiger partial charge in [-0.25, -0.2) is 12.9 Å². The summed E-state index contributed by atoms with van der Waals surface area (Å²) in [5, 5.41) is 172. The summed E-state index contributed by atoms with van der Waals surface area (Å²) in [6.07, 6.45) is -62.9. The molecule has 0 spiro atoms. The molecule has 6 saturated heterocycles. The van der Waals surface area contributed by atoms with Gasteiger partial charge in [0, 0.05) is 0 Å². The van der Waals surface area contributed by atoms with Crippen LogP contribution in [0.4, 0.5) is 0 Å². The summed E-state index contributed by atoms with van der Waals surface area (Å²) in [5.74, 6) is 0. The fraction of sp³-hybridized carbons (Fsp3) is 1.00. The number of hydrogen-bond acceptors (Lipinski definition) is 36. The van der Waals surface area contributed by atoms with Crippen molar-refractivity contribution in [1.82, 2.24) is 0 Å². The lowest BCUT2D eigenvalue weighted by atomic mass is 9.84. The van der Waals surface area contributed by atoms with Crippen LogP contribution in [0.25, 0.3) is 0 Å². The van der Waals surface area contributed by atoms with E-state index in [0.29, 0.717) is 0 Å². The van der Waals surface area contributed by atoms with Crippen LogP contribution in [0.15, 0.2) is 0 Å². The molecule has 7 fully saturated rings. The Morgan fingerprint density at radius 2 is 0.769 bits per heavy atom. The van der Waals surface area contributed by atoms with Crippen molar-refractivity contribution < 1.29 is 182 Å². The van der Waals surface area contributed by atoms with Crippen molar-refractivity contribution in [3.05, 3.63) is 0 Å². The van der Waals surface area contributed by atoms with E-state index < -0.39 is 252 Å². The second-order valence-electron chi connectivity index (χ2n) is 18.8. The minimum Gasteiger partial charge on any atom is -0.394 e. The molecule has 1 aliphatic carbocycles. The zero-order chi connectivity index (χ0) is 57.8. The number of rotatable bonds is 19. The average molecular weight is 1210 g/mol. The number of phosphoric acid groups is 1. The zero-order valence-electron chi connectivity index (χ0n) is 39.5. The highest BCUT2D eigenvalue weighted by atomic mass is 32.3. The van der Waals surface area contributed by atoms with Crippen LogP contribution < -0.4 is 5.73 Å². The number of aliphatic hydroxyl groups excluding tert-OH is 16. The standard InChI is InChI=1S/C36H62NO38PS2/c37-11-16(44)26(7(2-39)66-32(11)71-27-22(50)19(47)23(51)28-31(27)75-76(54,55)74-28)70-34-25(53)18(46)13(41)8(67-34)3-62-35-29(20(48)14(42)9(68-35)4-63-77(56,57)58)73-36-30(21(49)15(43)10(69-36)5-64-78(59,60)61)72-33-24(52)17(45)12(40)6(1-38)65-33/h6-36,38-53H,1-5,37H2,(H,54,55)(H,56,57,58)(H,59,60,61)/t6-,7-,8-,9-,10-,11-,12-,13-,14-,15-,16-,17+,18+,19+,20+,21+,22+,23-,24+,25+,26-,27-,28-,29+,30+,31+,32-,33-,34-,35+,36-/m1/s1. The van der Waals surface area contributed by atoms with Gasteiger partial charge >= 0.3 is 28.6 Å². The summed E-state index contributed by atoms with van der Waals surface area (Å²) in [5.41, 5.74) is 6.19. The van der Waals surface area contributed by atoms with Gasteiger partial charge in [0.25, 0.3) is 0 Å². The second-order valence-corrected chi connectivity index (χ2v) is 22.3. The number of phosphoric ester groups is 1. The lowest BCUT2D eigenvalue weighted by Gasteiger charge is -2.49. The zero-order valence-corrected chi connectivity index (χ0v) is 42.1. The Morgan fingerprint density at radius 1 is 0.397 bits per heavy atom. The summed E-state index contributed by atoms with van der Waals surface area (Å²) in [7, 11) is -15.5. The van der Waals surface area contributed by atoms with E-state index in [1.54, 1.807) is 0 Å². The fourth-order valence-electron chi connectivity index (χ4n) is 9.36. The Labute approximate surface area is 438 Å². The van der Waals surface area contributed by atoms with Crippen molar-refractivity contribution in [2.45, 2.75) is 190 Å². The van der Waals surface area contributed by atoms with Gasteiger partial charge in [0.05, 0.1) is 39.1 Å². The van der Waals surface area contributed by atoms with Crippen LogP contribution in [0.5, 0.6) is 0 Å². The molecule has 7 rings (SSSR count). The van der Waals surface area contributed by atoms with Crippen molar-refractivity contribution in [3.8, 4) is 0 Å². The van der Waals surface area contributed by atoms with Crippen molar-refractivity contribution in [3.63, 3.8) is 0 Å². The van der Waals surface area contributed by atoms with Gasteiger partial charge in [-0.1, -0.05) is 0 Å². The Hall–Kier alpha value is -1.23. The van der Waals surface area contributed by atoms with E-state index in [1.165, 1.54) is 0 Å². The Morgan fingerprint density at radius 3 is 1.29 bits per heavy atom. The molecule has 0 amide bonds. The number of hydrogen-bond donors (Lipinski definition) is 20. The van der Waals surface area contributed by atoms with E-state index in [1.807, 2.05) is 0 Å². The molecule has 6 heterocycles. The van der Waals surface area contributed by atoms with Crippen LogP contribution >= 0.6 is 7.82 Å². The first-order valence-corrected chi connectivity index (χ1v) is 27.4. The molecular formula is C36H62NO38PS2. The molecule has 39 nitrogen and oxygen atoms in total. The molecule has 42 heteroatoms. The highest BCUT2D eigenvalue weighted by Gasteiger charge is 2.62. The topological polar surface area (TPSA) is 625 Å². The fourth-order valence-corrected chi connectivity index (χ4v) is 11.1. The molecule has 1 unspecified atom stereocenters. The molecule has 6 aliphatic heterocycles. The normalized spacial score (nSPS) is 51.5. The average Bonchev–Trinajstić information content (AvgIpc) is 3.74. The summed E-state index contributed by atoms with van der Waals surface area (Å²) >= 11 is 0. The quantitative estimate of drug-likeness (QED) is 0.0422. The van der Waals surface area contributed by atoms with Gasteiger partial charge < -0.3 is 140 Å². The van der Waals surface area contributed by atoms with Crippen molar-refractivity contribution in [2.75, 3.05) is 33.0 Å². The first-order valence-electron chi connectivity index (χ1n) is 23.2. The predicted molar refractivity (Wildman–Crippen MR) is 230 cm³/mol. The third kappa shape index (κ3) is 14.1. The third-order valence-electron chi connectivity index (χ3n) is 13.6. The van der Waals surface area contributed by atoms with Crippen LogP contribution in [0.2, 0.25) is 0 Å². The van der Waals surface area contributed by atoms with Gasteiger partial charge in [-0.15, -0.1) is 0 Å². The molecule has 7 aliphatic rings. The second kappa shape index (κ2) is 25.5. The minimum absolute atomic E-state index is 1.01. The first-order chi connectivity index (χ1) is 36.3. The van der Waals surface area contributed by atoms with E-state index in [2.05, 4.69) is 8.37 Å². The molecule has 21 N–H and O–H groups in total. The van der Waals surface area contributed by atoms with Gasteiger partial charge in [0.15, 0.2) is 31.5 Å². The van der Waals surface area contributed by atoms with Crippen LogP contribution in [0.3, 0.4) is 0 Å². The maximum atomic E-state index is 12.2. The van der Waals surface area contributed by atoms with Gasteiger partial charge in [-0.2, -0.15) is 16.8 Å². The minimum atomic E-state index is -5.31. The van der Waals surface area contributed by atoms with Crippen molar-refractivity contribution in [1.29, 1.82) is 0 Å². The van der Waals surface area contributed by atoms with E-state index >= 15 is 0 Å². The van der Waals surface area contributed by atoms with Crippen LogP contribution in [-0.2, 0) is 90.1 Å². The molecule has 32 atom stereocenters. The van der Waals surface area contributed by atoms with Crippen LogP contribution in [0.1, 0.15) is 0 Å². The first kappa shape index (κ1) is 64.3.